The molecule has 4 heterocycles. The summed E-state index contributed by atoms with van der Waals surface area (Å²) in [7, 11) is 0. The summed E-state index contributed by atoms with van der Waals surface area (Å²) in [4.78, 5) is 21.1. The van der Waals surface area contributed by atoms with Gasteiger partial charge in [-0.25, -0.2) is 0 Å². The quantitative estimate of drug-likeness (QED) is 0.840. The summed E-state index contributed by atoms with van der Waals surface area (Å²) in [5, 5.41) is 4.63. The van der Waals surface area contributed by atoms with Gasteiger partial charge in [0, 0.05) is 43.8 Å². The van der Waals surface area contributed by atoms with Crippen LogP contribution in [-0.2, 0) is 4.74 Å². The third-order valence-electron chi connectivity index (χ3n) is 5.18. The highest BCUT2D eigenvalue weighted by Gasteiger charge is 2.27. The van der Waals surface area contributed by atoms with E-state index in [9.17, 15) is 4.79 Å². The predicted molar refractivity (Wildman–Crippen MR) is 98.5 cm³/mol. The topological polar surface area (TPSA) is 63.5 Å². The molecule has 138 valence electrons. The summed E-state index contributed by atoms with van der Waals surface area (Å²) < 4.78 is 7.46. The molecule has 0 bridgehead atoms. The Kier molecular flexibility index (Phi) is 4.63. The Hall–Kier alpha value is -2.41. The standard InChI is InChI=1S/C19H25N5O2/c1-14-11-15(2)24(21-14)17-4-6-23(13-17)16-3-5-20-18(12-16)19(25)22-7-9-26-10-8-22/h3,5,11-12,17H,4,6-10,13H2,1-2H3/t17-/m0/s1. The molecule has 0 aromatic carbocycles. The van der Waals surface area contributed by atoms with E-state index in [4.69, 9.17) is 4.74 Å². The van der Waals surface area contributed by atoms with Crippen LogP contribution >= 0.6 is 0 Å². The molecule has 2 aromatic heterocycles. The lowest BCUT2D eigenvalue weighted by Crippen LogP contribution is -2.41. The van der Waals surface area contributed by atoms with E-state index < -0.39 is 0 Å². The van der Waals surface area contributed by atoms with Crippen molar-refractivity contribution in [2.75, 3.05) is 44.3 Å². The lowest BCUT2D eigenvalue weighted by atomic mass is 10.2. The molecule has 0 radical (unpaired) electrons. The summed E-state index contributed by atoms with van der Waals surface area (Å²) in [5.41, 5.74) is 3.83. The Morgan fingerprint density at radius 2 is 2.00 bits per heavy atom. The van der Waals surface area contributed by atoms with Crippen molar-refractivity contribution in [2.24, 2.45) is 0 Å². The highest BCUT2D eigenvalue weighted by atomic mass is 16.5. The third-order valence-corrected chi connectivity index (χ3v) is 5.18. The molecule has 2 fully saturated rings. The minimum atomic E-state index is -0.00978. The predicted octanol–water partition coefficient (Wildman–Crippen LogP) is 1.82. The summed E-state index contributed by atoms with van der Waals surface area (Å²) >= 11 is 0. The van der Waals surface area contributed by atoms with Crippen molar-refractivity contribution < 1.29 is 9.53 Å². The number of carbonyl (C=O) groups is 1. The van der Waals surface area contributed by atoms with Crippen LogP contribution in [0, 0.1) is 13.8 Å². The van der Waals surface area contributed by atoms with Gasteiger partial charge < -0.3 is 14.5 Å². The van der Waals surface area contributed by atoms with Crippen LogP contribution < -0.4 is 4.90 Å². The minimum Gasteiger partial charge on any atom is -0.378 e. The van der Waals surface area contributed by atoms with Gasteiger partial charge >= 0.3 is 0 Å². The van der Waals surface area contributed by atoms with E-state index in [2.05, 4.69) is 32.7 Å². The maximum absolute atomic E-state index is 12.7. The smallest absolute Gasteiger partial charge is 0.272 e. The Labute approximate surface area is 153 Å². The van der Waals surface area contributed by atoms with E-state index >= 15 is 0 Å². The number of amides is 1. The number of aromatic nitrogens is 3. The second kappa shape index (κ2) is 7.07. The molecule has 0 aliphatic carbocycles. The van der Waals surface area contributed by atoms with E-state index in [1.54, 1.807) is 6.20 Å². The lowest BCUT2D eigenvalue weighted by molar-refractivity contribution is 0.0299. The molecule has 1 amide bonds. The number of aryl methyl sites for hydroxylation is 2. The molecule has 26 heavy (non-hydrogen) atoms. The second-order valence-electron chi connectivity index (χ2n) is 7.06. The van der Waals surface area contributed by atoms with Crippen LogP contribution in [0.2, 0.25) is 0 Å². The van der Waals surface area contributed by atoms with Crippen LogP contribution in [0.3, 0.4) is 0 Å². The molecule has 0 unspecified atom stereocenters. The monoisotopic (exact) mass is 355 g/mol. The number of rotatable bonds is 3. The van der Waals surface area contributed by atoms with Crippen molar-refractivity contribution >= 4 is 11.6 Å². The van der Waals surface area contributed by atoms with Gasteiger partial charge in [-0.1, -0.05) is 0 Å². The number of anilines is 1. The van der Waals surface area contributed by atoms with E-state index in [0.29, 0.717) is 38.0 Å². The molecule has 2 aliphatic rings. The van der Waals surface area contributed by atoms with E-state index in [-0.39, 0.29) is 5.91 Å². The van der Waals surface area contributed by atoms with E-state index in [1.807, 2.05) is 24.0 Å². The Balaban J connectivity index is 1.48. The normalized spacial score (nSPS) is 20.6. The maximum Gasteiger partial charge on any atom is 0.272 e. The minimum absolute atomic E-state index is 0.00978. The first-order valence-electron chi connectivity index (χ1n) is 9.22. The molecular weight excluding hydrogens is 330 g/mol. The van der Waals surface area contributed by atoms with Gasteiger partial charge in [-0.05, 0) is 38.5 Å². The fraction of sp³-hybridized carbons (Fsp3) is 0.526. The van der Waals surface area contributed by atoms with Gasteiger partial charge in [0.1, 0.15) is 5.69 Å². The number of carbonyl (C=O) groups excluding carboxylic acids is 1. The fourth-order valence-electron chi connectivity index (χ4n) is 3.85. The van der Waals surface area contributed by atoms with Crippen molar-refractivity contribution in [1.82, 2.24) is 19.7 Å². The van der Waals surface area contributed by atoms with Crippen LogP contribution in [0.15, 0.2) is 24.4 Å². The first-order valence-corrected chi connectivity index (χ1v) is 9.22. The molecule has 0 spiro atoms. The van der Waals surface area contributed by atoms with Gasteiger partial charge in [0.15, 0.2) is 0 Å². The number of ether oxygens (including phenoxy) is 1. The fourth-order valence-corrected chi connectivity index (χ4v) is 3.85. The molecule has 2 aliphatic heterocycles. The number of pyridine rings is 1. The van der Waals surface area contributed by atoms with Crippen LogP contribution in [0.1, 0.15) is 34.3 Å². The van der Waals surface area contributed by atoms with Gasteiger partial charge in [-0.15, -0.1) is 0 Å². The second-order valence-corrected chi connectivity index (χ2v) is 7.06. The average molecular weight is 355 g/mol. The van der Waals surface area contributed by atoms with Crippen molar-refractivity contribution in [3.63, 3.8) is 0 Å². The van der Waals surface area contributed by atoms with Gasteiger partial charge in [0.05, 0.1) is 24.9 Å². The van der Waals surface area contributed by atoms with Crippen LogP contribution in [0.4, 0.5) is 5.69 Å². The maximum atomic E-state index is 12.7. The highest BCUT2D eigenvalue weighted by molar-refractivity contribution is 5.93. The van der Waals surface area contributed by atoms with Crippen molar-refractivity contribution in [3.05, 3.63) is 41.5 Å². The first-order chi connectivity index (χ1) is 12.6. The van der Waals surface area contributed by atoms with Crippen LogP contribution in [0.5, 0.6) is 0 Å². The highest BCUT2D eigenvalue weighted by Crippen LogP contribution is 2.28. The zero-order chi connectivity index (χ0) is 18.1. The molecule has 2 saturated heterocycles. The summed E-state index contributed by atoms with van der Waals surface area (Å²) in [5.74, 6) is -0.00978. The number of hydrogen-bond donors (Lipinski definition) is 0. The molecular formula is C19H25N5O2. The van der Waals surface area contributed by atoms with Crippen LogP contribution in [0.25, 0.3) is 0 Å². The Morgan fingerprint density at radius 1 is 1.19 bits per heavy atom. The molecule has 4 rings (SSSR count). The molecule has 0 saturated carbocycles. The molecule has 1 atom stereocenters. The van der Waals surface area contributed by atoms with Crippen molar-refractivity contribution in [3.8, 4) is 0 Å². The average Bonchev–Trinajstić information content (AvgIpc) is 3.28. The van der Waals surface area contributed by atoms with Crippen molar-refractivity contribution in [2.45, 2.75) is 26.3 Å². The third kappa shape index (κ3) is 3.31. The lowest BCUT2D eigenvalue weighted by Gasteiger charge is -2.27. The molecule has 7 nitrogen and oxygen atoms in total. The van der Waals surface area contributed by atoms with Gasteiger partial charge in [0.25, 0.3) is 5.91 Å². The van der Waals surface area contributed by atoms with Gasteiger partial charge in [0.2, 0.25) is 0 Å². The first kappa shape index (κ1) is 17.0. The van der Waals surface area contributed by atoms with Crippen molar-refractivity contribution in [1.29, 1.82) is 0 Å². The molecule has 2 aromatic rings. The number of hydrogen-bond acceptors (Lipinski definition) is 5. The Bertz CT molecular complexity index is 797. The van der Waals surface area contributed by atoms with E-state index in [0.717, 1.165) is 30.9 Å². The van der Waals surface area contributed by atoms with Crippen LogP contribution in [-0.4, -0.2) is 65.0 Å². The van der Waals surface area contributed by atoms with Gasteiger partial charge in [-0.2, -0.15) is 5.10 Å². The zero-order valence-corrected chi connectivity index (χ0v) is 15.4. The number of morpholine rings is 1. The summed E-state index contributed by atoms with van der Waals surface area (Å²) in [6, 6.07) is 6.39. The molecule has 7 heteroatoms. The summed E-state index contributed by atoms with van der Waals surface area (Å²) in [6.07, 6.45) is 2.79. The Morgan fingerprint density at radius 3 is 2.73 bits per heavy atom. The van der Waals surface area contributed by atoms with E-state index in [1.165, 1.54) is 5.69 Å². The largest absolute Gasteiger partial charge is 0.378 e. The van der Waals surface area contributed by atoms with Gasteiger partial charge in [-0.3, -0.25) is 14.5 Å². The SMILES string of the molecule is Cc1cc(C)n([C@H]2CCN(c3ccnc(C(=O)N4CCOCC4)c3)C2)n1. The zero-order valence-electron chi connectivity index (χ0n) is 15.4. The molecule has 0 N–H and O–H groups in total. The summed E-state index contributed by atoms with van der Waals surface area (Å²) in [6.45, 7) is 8.46. The number of nitrogens with zero attached hydrogens (tertiary/aromatic N) is 5.